The first-order valence-corrected chi connectivity index (χ1v) is 8.21. The molecule has 0 aliphatic carbocycles. The molecule has 0 spiro atoms. The Bertz CT molecular complexity index is 875. The minimum atomic E-state index is -0.0186. The van der Waals surface area contributed by atoms with Gasteiger partial charge in [0.1, 0.15) is 0 Å². The number of amides is 1. The van der Waals surface area contributed by atoms with Gasteiger partial charge in [0, 0.05) is 29.2 Å². The molecule has 2 N–H and O–H groups in total. The van der Waals surface area contributed by atoms with Crippen LogP contribution in [-0.2, 0) is 11.2 Å². The Balaban J connectivity index is 1.60. The van der Waals surface area contributed by atoms with Gasteiger partial charge < -0.3 is 10.3 Å². The van der Waals surface area contributed by atoms with Gasteiger partial charge in [-0.05, 0) is 49.6 Å². The number of H-pyrrole nitrogens is 1. The maximum absolute atomic E-state index is 12.2. The molecule has 3 rings (SSSR count). The normalized spacial score (nSPS) is 11.7. The number of carbonyl (C=O) groups is 1. The summed E-state index contributed by atoms with van der Waals surface area (Å²) in [6.45, 7) is 4.56. The Morgan fingerprint density at radius 2 is 1.96 bits per heavy atom. The average Bonchev–Trinajstić information content (AvgIpc) is 2.98. The highest BCUT2D eigenvalue weighted by Crippen LogP contribution is 2.19. The highest BCUT2D eigenvalue weighted by Gasteiger charge is 2.06. The van der Waals surface area contributed by atoms with Crippen molar-refractivity contribution in [1.29, 1.82) is 0 Å². The molecule has 0 aliphatic heterocycles. The molecular weight excluding hydrogens is 296 g/mol. The molecule has 3 heteroatoms. The van der Waals surface area contributed by atoms with Crippen LogP contribution in [0.4, 0.5) is 0 Å². The number of fused-ring (bicyclic) bond motifs is 1. The summed E-state index contributed by atoms with van der Waals surface area (Å²) in [6.07, 6.45) is 4.75. The lowest BCUT2D eigenvalue weighted by Gasteiger charge is -2.05. The molecule has 0 saturated carbocycles. The number of benzene rings is 2. The van der Waals surface area contributed by atoms with E-state index in [2.05, 4.69) is 35.4 Å². The first-order chi connectivity index (χ1) is 11.6. The van der Waals surface area contributed by atoms with Crippen molar-refractivity contribution in [2.24, 2.45) is 0 Å². The Labute approximate surface area is 142 Å². The van der Waals surface area contributed by atoms with Crippen LogP contribution in [0.3, 0.4) is 0 Å². The maximum atomic E-state index is 12.2. The predicted molar refractivity (Wildman–Crippen MR) is 99.8 cm³/mol. The largest absolute Gasteiger partial charge is 0.361 e. The third kappa shape index (κ3) is 3.74. The molecule has 0 bridgehead atoms. The number of hydrogen-bond acceptors (Lipinski definition) is 1. The van der Waals surface area contributed by atoms with Crippen molar-refractivity contribution in [2.45, 2.75) is 20.3 Å². The van der Waals surface area contributed by atoms with E-state index in [-0.39, 0.29) is 5.91 Å². The zero-order valence-electron chi connectivity index (χ0n) is 14.1. The van der Waals surface area contributed by atoms with Gasteiger partial charge in [-0.15, -0.1) is 0 Å². The van der Waals surface area contributed by atoms with Crippen LogP contribution >= 0.6 is 0 Å². The van der Waals surface area contributed by atoms with Crippen LogP contribution in [0, 0.1) is 6.92 Å². The zero-order chi connectivity index (χ0) is 16.9. The van der Waals surface area contributed by atoms with Gasteiger partial charge in [-0.3, -0.25) is 4.79 Å². The van der Waals surface area contributed by atoms with Crippen LogP contribution in [0.2, 0.25) is 0 Å². The number of nitrogens with one attached hydrogen (secondary N) is 2. The van der Waals surface area contributed by atoms with Crippen LogP contribution in [0.1, 0.15) is 23.6 Å². The minimum absolute atomic E-state index is 0.0186. The van der Waals surface area contributed by atoms with E-state index >= 15 is 0 Å². The maximum Gasteiger partial charge on any atom is 0.246 e. The van der Waals surface area contributed by atoms with Gasteiger partial charge in [-0.25, -0.2) is 0 Å². The van der Waals surface area contributed by atoms with Crippen LogP contribution in [-0.4, -0.2) is 17.4 Å². The molecule has 24 heavy (non-hydrogen) atoms. The van der Waals surface area contributed by atoms with E-state index in [0.717, 1.165) is 23.1 Å². The third-order valence-corrected chi connectivity index (χ3v) is 4.14. The molecule has 2 aromatic carbocycles. The monoisotopic (exact) mass is 318 g/mol. The first kappa shape index (κ1) is 16.1. The molecule has 1 amide bonds. The number of carbonyl (C=O) groups excluding carboxylic acids is 1. The molecule has 0 unspecified atom stereocenters. The lowest BCUT2D eigenvalue weighted by atomic mass is 10.1. The molecule has 3 nitrogen and oxygen atoms in total. The number of aryl methyl sites for hydroxylation is 1. The lowest BCUT2D eigenvalue weighted by molar-refractivity contribution is -0.117. The van der Waals surface area contributed by atoms with Crippen molar-refractivity contribution in [1.82, 2.24) is 10.3 Å². The topological polar surface area (TPSA) is 44.9 Å². The second-order valence-corrected chi connectivity index (χ2v) is 6.11. The molecule has 0 radical (unpaired) electrons. The second-order valence-electron chi connectivity index (χ2n) is 6.11. The average molecular weight is 318 g/mol. The third-order valence-electron chi connectivity index (χ3n) is 4.14. The van der Waals surface area contributed by atoms with E-state index in [9.17, 15) is 4.79 Å². The van der Waals surface area contributed by atoms with E-state index < -0.39 is 0 Å². The highest BCUT2D eigenvalue weighted by molar-refractivity contribution is 5.97. The van der Waals surface area contributed by atoms with Crippen LogP contribution in [0.25, 0.3) is 17.0 Å². The Morgan fingerprint density at radius 3 is 2.75 bits per heavy atom. The van der Waals surface area contributed by atoms with Gasteiger partial charge >= 0.3 is 0 Å². The van der Waals surface area contributed by atoms with Crippen molar-refractivity contribution in [2.75, 3.05) is 6.54 Å². The number of rotatable bonds is 5. The molecule has 3 aromatic rings. The van der Waals surface area contributed by atoms with Gasteiger partial charge in [0.2, 0.25) is 5.91 Å². The van der Waals surface area contributed by atoms with Crippen LogP contribution < -0.4 is 5.32 Å². The molecule has 0 saturated heterocycles. The smallest absolute Gasteiger partial charge is 0.246 e. The molecule has 122 valence electrons. The fourth-order valence-corrected chi connectivity index (χ4v) is 2.81. The van der Waals surface area contributed by atoms with Crippen molar-refractivity contribution >= 4 is 22.9 Å². The quantitative estimate of drug-likeness (QED) is 0.679. The van der Waals surface area contributed by atoms with Gasteiger partial charge in [0.15, 0.2) is 0 Å². The highest BCUT2D eigenvalue weighted by atomic mass is 16.1. The SMILES string of the molecule is C/C(=C\c1ccccc1)C(=O)NCCc1c[nH]c2ccc(C)cc12. The minimum Gasteiger partial charge on any atom is -0.361 e. The zero-order valence-corrected chi connectivity index (χ0v) is 14.1. The lowest BCUT2D eigenvalue weighted by Crippen LogP contribution is -2.26. The van der Waals surface area contributed by atoms with E-state index in [4.69, 9.17) is 0 Å². The summed E-state index contributed by atoms with van der Waals surface area (Å²) >= 11 is 0. The van der Waals surface area contributed by atoms with E-state index in [1.54, 1.807) is 0 Å². The molecule has 0 aliphatic rings. The van der Waals surface area contributed by atoms with E-state index in [1.807, 2.05) is 49.5 Å². The molecule has 0 fully saturated rings. The fraction of sp³-hybridized carbons (Fsp3) is 0.190. The van der Waals surface area contributed by atoms with Crippen LogP contribution in [0.5, 0.6) is 0 Å². The van der Waals surface area contributed by atoms with Crippen LogP contribution in [0.15, 0.2) is 60.3 Å². The Kier molecular flexibility index (Phi) is 4.80. The summed E-state index contributed by atoms with van der Waals surface area (Å²) in [7, 11) is 0. The predicted octanol–water partition coefficient (Wildman–Crippen LogP) is 4.24. The number of aromatic nitrogens is 1. The summed E-state index contributed by atoms with van der Waals surface area (Å²) in [5, 5.41) is 4.24. The molecule has 1 heterocycles. The van der Waals surface area contributed by atoms with Gasteiger partial charge in [0.25, 0.3) is 0 Å². The van der Waals surface area contributed by atoms with Crippen molar-refractivity contribution < 1.29 is 4.79 Å². The standard InChI is InChI=1S/C21H22N2O/c1-15-8-9-20-19(12-15)18(14-23-20)10-11-22-21(24)16(2)13-17-6-4-3-5-7-17/h3-9,12-14,23H,10-11H2,1-2H3,(H,22,24)/b16-13+. The first-order valence-electron chi connectivity index (χ1n) is 8.21. The summed E-state index contributed by atoms with van der Waals surface area (Å²) < 4.78 is 0. The number of hydrogen-bond donors (Lipinski definition) is 2. The van der Waals surface area contributed by atoms with Gasteiger partial charge in [0.05, 0.1) is 0 Å². The van der Waals surface area contributed by atoms with Gasteiger partial charge in [-0.1, -0.05) is 42.0 Å². The molecular formula is C21H22N2O. The van der Waals surface area contributed by atoms with Crippen molar-refractivity contribution in [3.05, 3.63) is 77.0 Å². The molecule has 0 atom stereocenters. The summed E-state index contributed by atoms with van der Waals surface area (Å²) in [5.74, 6) is -0.0186. The summed E-state index contributed by atoms with van der Waals surface area (Å²) in [4.78, 5) is 15.5. The second kappa shape index (κ2) is 7.18. The summed E-state index contributed by atoms with van der Waals surface area (Å²) in [6, 6.07) is 16.3. The van der Waals surface area contributed by atoms with Crippen molar-refractivity contribution in [3.63, 3.8) is 0 Å². The van der Waals surface area contributed by atoms with E-state index in [0.29, 0.717) is 6.54 Å². The number of aromatic amines is 1. The fourth-order valence-electron chi connectivity index (χ4n) is 2.81. The van der Waals surface area contributed by atoms with E-state index in [1.165, 1.54) is 16.5 Å². The van der Waals surface area contributed by atoms with Gasteiger partial charge in [-0.2, -0.15) is 0 Å². The Morgan fingerprint density at radius 1 is 1.17 bits per heavy atom. The summed E-state index contributed by atoms with van der Waals surface area (Å²) in [5.41, 5.74) is 5.38. The Hall–Kier alpha value is -2.81. The molecule has 1 aromatic heterocycles. The van der Waals surface area contributed by atoms with Crippen molar-refractivity contribution in [3.8, 4) is 0 Å².